The zero-order valence-electron chi connectivity index (χ0n) is 16.4. The Bertz CT molecular complexity index is 613. The van der Waals surface area contributed by atoms with Gasteiger partial charge in [-0.05, 0) is 81.5 Å². The molecule has 0 aromatic heterocycles. The van der Waals surface area contributed by atoms with Gasteiger partial charge in [-0.15, -0.1) is 0 Å². The molecule has 6 aliphatic rings. The van der Waals surface area contributed by atoms with Crippen LogP contribution in [0.4, 0.5) is 0 Å². The van der Waals surface area contributed by atoms with Gasteiger partial charge in [-0.3, -0.25) is 19.3 Å². The highest BCUT2D eigenvalue weighted by atomic mass is 16.2. The topological polar surface area (TPSA) is 66.5 Å². The minimum Gasteiger partial charge on any atom is -0.352 e. The zero-order chi connectivity index (χ0) is 18.8. The van der Waals surface area contributed by atoms with Crippen molar-refractivity contribution in [3.05, 3.63) is 0 Å². The number of carbonyl (C=O) groups is 3. The fourth-order valence-electron chi connectivity index (χ4n) is 7.68. The summed E-state index contributed by atoms with van der Waals surface area (Å²) in [5, 5.41) is 3.20. The number of hydrogen-bond donors (Lipinski definition) is 1. The maximum Gasteiger partial charge on any atom is 0.240 e. The fraction of sp³-hybridized carbons (Fsp3) is 0.864. The van der Waals surface area contributed by atoms with Gasteiger partial charge < -0.3 is 5.32 Å². The molecule has 4 bridgehead atoms. The lowest BCUT2D eigenvalue weighted by atomic mass is 9.48. The molecule has 6 rings (SSSR count). The summed E-state index contributed by atoms with van der Waals surface area (Å²) in [6.45, 7) is 2.07. The second kappa shape index (κ2) is 6.31. The first-order valence-electron chi connectivity index (χ1n) is 11.1. The van der Waals surface area contributed by atoms with Crippen LogP contribution in [0.1, 0.15) is 71.1 Å². The number of amides is 3. The Morgan fingerprint density at radius 1 is 1.00 bits per heavy atom. The normalized spacial score (nSPS) is 43.7. The summed E-state index contributed by atoms with van der Waals surface area (Å²) in [6.07, 6.45) is 11.5. The number of nitrogens with one attached hydrogen (secondary N) is 1. The molecule has 5 heteroatoms. The van der Waals surface area contributed by atoms with Gasteiger partial charge in [0.05, 0.1) is 11.8 Å². The molecule has 3 amide bonds. The SMILES string of the molecule is C[C@@H](NC(=O)CN1C(=O)[C@H]2CCCC[C@@H]2C1=O)C12CC3CC(CC(C3)C1)C2. The first kappa shape index (κ1) is 17.7. The zero-order valence-corrected chi connectivity index (χ0v) is 16.4. The maximum atomic E-state index is 12.7. The summed E-state index contributed by atoms with van der Waals surface area (Å²) in [7, 11) is 0. The third kappa shape index (κ3) is 2.84. The van der Waals surface area contributed by atoms with E-state index in [-0.39, 0.29) is 47.6 Å². The van der Waals surface area contributed by atoms with Gasteiger partial charge in [-0.1, -0.05) is 12.8 Å². The first-order chi connectivity index (χ1) is 12.9. The minimum atomic E-state index is -0.167. The number of hydrogen-bond acceptors (Lipinski definition) is 3. The van der Waals surface area contributed by atoms with Crippen LogP contribution >= 0.6 is 0 Å². The summed E-state index contributed by atoms with van der Waals surface area (Å²) in [5.41, 5.74) is 0.247. The van der Waals surface area contributed by atoms with Crippen LogP contribution in [0, 0.1) is 35.0 Å². The predicted molar refractivity (Wildman–Crippen MR) is 100 cm³/mol. The molecule has 5 saturated carbocycles. The molecule has 1 aliphatic heterocycles. The van der Waals surface area contributed by atoms with E-state index in [2.05, 4.69) is 12.2 Å². The standard InChI is InChI=1S/C22H32N2O3/c1-13(22-9-14-6-15(10-22)8-16(7-14)11-22)23-19(25)12-24-20(26)17-4-2-3-5-18(17)21(24)27/h13-18H,2-12H2,1H3,(H,23,25)/t13-,14?,15?,16?,17+,18+,22?/m1/s1. The van der Waals surface area contributed by atoms with E-state index in [1.54, 1.807) is 0 Å². The molecule has 0 radical (unpaired) electrons. The summed E-state index contributed by atoms with van der Waals surface area (Å²) in [5.74, 6) is 1.84. The van der Waals surface area contributed by atoms with E-state index >= 15 is 0 Å². The van der Waals surface area contributed by atoms with Crippen LogP contribution in [-0.2, 0) is 14.4 Å². The van der Waals surface area contributed by atoms with Crippen LogP contribution in [0.5, 0.6) is 0 Å². The Morgan fingerprint density at radius 2 is 1.48 bits per heavy atom. The molecule has 5 nitrogen and oxygen atoms in total. The lowest BCUT2D eigenvalue weighted by Gasteiger charge is -2.59. The lowest BCUT2D eigenvalue weighted by Crippen LogP contribution is -2.57. The molecule has 3 atom stereocenters. The molecule has 5 aliphatic carbocycles. The van der Waals surface area contributed by atoms with Gasteiger partial charge in [0.1, 0.15) is 6.54 Å². The summed E-state index contributed by atoms with van der Waals surface area (Å²) in [4.78, 5) is 39.2. The highest BCUT2D eigenvalue weighted by molar-refractivity contribution is 6.07. The van der Waals surface area contributed by atoms with Crippen molar-refractivity contribution < 1.29 is 14.4 Å². The largest absolute Gasteiger partial charge is 0.352 e. The third-order valence-corrected chi connectivity index (χ3v) is 8.62. The van der Waals surface area contributed by atoms with Gasteiger partial charge in [0.2, 0.25) is 17.7 Å². The number of imide groups is 1. The second-order valence-electron chi connectivity index (χ2n) is 10.3. The summed E-state index contributed by atoms with van der Waals surface area (Å²) < 4.78 is 0. The molecule has 148 valence electrons. The number of carbonyl (C=O) groups excluding carboxylic acids is 3. The average Bonchev–Trinajstić information content (AvgIpc) is 2.86. The maximum absolute atomic E-state index is 12.7. The van der Waals surface area contributed by atoms with Crippen LogP contribution in [0.3, 0.4) is 0 Å². The van der Waals surface area contributed by atoms with Crippen molar-refractivity contribution >= 4 is 17.7 Å². The molecule has 6 fully saturated rings. The first-order valence-corrected chi connectivity index (χ1v) is 11.1. The van der Waals surface area contributed by atoms with E-state index in [4.69, 9.17) is 0 Å². The third-order valence-electron chi connectivity index (χ3n) is 8.62. The monoisotopic (exact) mass is 372 g/mol. The number of rotatable bonds is 4. The molecular weight excluding hydrogens is 340 g/mol. The van der Waals surface area contributed by atoms with Crippen molar-refractivity contribution in [3.8, 4) is 0 Å². The fourth-order valence-corrected chi connectivity index (χ4v) is 7.68. The van der Waals surface area contributed by atoms with Crippen LogP contribution in [-0.4, -0.2) is 35.2 Å². The van der Waals surface area contributed by atoms with Crippen molar-refractivity contribution in [2.24, 2.45) is 35.0 Å². The summed E-state index contributed by atoms with van der Waals surface area (Å²) in [6, 6.07) is 0.133. The van der Waals surface area contributed by atoms with E-state index in [1.165, 1.54) is 43.4 Å². The predicted octanol–water partition coefficient (Wildman–Crippen LogP) is 2.88. The van der Waals surface area contributed by atoms with Gasteiger partial charge in [-0.2, -0.15) is 0 Å². The van der Waals surface area contributed by atoms with Gasteiger partial charge in [0.15, 0.2) is 0 Å². The number of likely N-dealkylation sites (tertiary alicyclic amines) is 1. The van der Waals surface area contributed by atoms with Crippen molar-refractivity contribution in [1.29, 1.82) is 0 Å². The van der Waals surface area contributed by atoms with Gasteiger partial charge >= 0.3 is 0 Å². The Labute approximate surface area is 161 Å². The van der Waals surface area contributed by atoms with Crippen LogP contribution in [0.15, 0.2) is 0 Å². The van der Waals surface area contributed by atoms with Crippen molar-refractivity contribution in [2.75, 3.05) is 6.54 Å². The molecule has 27 heavy (non-hydrogen) atoms. The average molecular weight is 373 g/mol. The number of nitrogens with zero attached hydrogens (tertiary/aromatic N) is 1. The molecule has 0 spiro atoms. The Balaban J connectivity index is 1.23. The van der Waals surface area contributed by atoms with Crippen molar-refractivity contribution in [1.82, 2.24) is 10.2 Å². The van der Waals surface area contributed by atoms with Crippen LogP contribution < -0.4 is 5.32 Å². The Hall–Kier alpha value is -1.39. The second-order valence-corrected chi connectivity index (χ2v) is 10.3. The van der Waals surface area contributed by atoms with Crippen LogP contribution in [0.25, 0.3) is 0 Å². The summed E-state index contributed by atoms with van der Waals surface area (Å²) >= 11 is 0. The van der Waals surface area contributed by atoms with Gasteiger partial charge in [0.25, 0.3) is 0 Å². The molecule has 1 saturated heterocycles. The highest BCUT2D eigenvalue weighted by Crippen LogP contribution is 2.61. The Morgan fingerprint density at radius 3 is 1.96 bits per heavy atom. The van der Waals surface area contributed by atoms with E-state index in [9.17, 15) is 14.4 Å². The van der Waals surface area contributed by atoms with E-state index in [0.717, 1.165) is 43.4 Å². The quantitative estimate of drug-likeness (QED) is 0.772. The van der Waals surface area contributed by atoms with Crippen LogP contribution in [0.2, 0.25) is 0 Å². The van der Waals surface area contributed by atoms with Gasteiger partial charge in [0, 0.05) is 6.04 Å². The van der Waals surface area contributed by atoms with Gasteiger partial charge in [-0.25, -0.2) is 0 Å². The van der Waals surface area contributed by atoms with E-state index < -0.39 is 0 Å². The molecule has 1 N–H and O–H groups in total. The number of fused-ring (bicyclic) bond motifs is 1. The van der Waals surface area contributed by atoms with Crippen molar-refractivity contribution in [2.45, 2.75) is 77.2 Å². The molecule has 0 unspecified atom stereocenters. The molecule has 0 aromatic rings. The molecule has 1 heterocycles. The highest BCUT2D eigenvalue weighted by Gasteiger charge is 2.54. The molecular formula is C22H32N2O3. The van der Waals surface area contributed by atoms with Crippen molar-refractivity contribution in [3.63, 3.8) is 0 Å². The lowest BCUT2D eigenvalue weighted by molar-refractivity contribution is -0.144. The van der Waals surface area contributed by atoms with E-state index in [1.807, 2.05) is 0 Å². The smallest absolute Gasteiger partial charge is 0.240 e. The molecule has 0 aromatic carbocycles. The van der Waals surface area contributed by atoms with E-state index in [0.29, 0.717) is 0 Å². The minimum absolute atomic E-state index is 0.0820. The Kier molecular flexibility index (Phi) is 4.14.